The van der Waals surface area contributed by atoms with Crippen molar-refractivity contribution in [2.75, 3.05) is 19.7 Å². The predicted octanol–water partition coefficient (Wildman–Crippen LogP) is 3.28. The lowest BCUT2D eigenvalue weighted by molar-refractivity contribution is 0.0480. The summed E-state index contributed by atoms with van der Waals surface area (Å²) in [5, 5.41) is 0. The number of carbonyl (C=O) groups is 1. The second kappa shape index (κ2) is 6.61. The molecule has 1 aromatic rings. The van der Waals surface area contributed by atoms with E-state index < -0.39 is 0 Å². The highest BCUT2D eigenvalue weighted by Crippen LogP contribution is 2.30. The van der Waals surface area contributed by atoms with Gasteiger partial charge in [-0.2, -0.15) is 0 Å². The summed E-state index contributed by atoms with van der Waals surface area (Å²) >= 11 is 0. The van der Waals surface area contributed by atoms with E-state index in [4.69, 9.17) is 4.74 Å². The van der Waals surface area contributed by atoms with Gasteiger partial charge in [-0.1, -0.05) is 25.5 Å². The third-order valence-electron chi connectivity index (χ3n) is 4.44. The Kier molecular flexibility index (Phi) is 4.59. The Morgan fingerprint density at radius 1 is 1.24 bits per heavy atom. The van der Waals surface area contributed by atoms with Crippen molar-refractivity contribution in [3.63, 3.8) is 0 Å². The van der Waals surface area contributed by atoms with Crippen LogP contribution in [0, 0.1) is 5.92 Å². The normalized spacial score (nSPS) is 21.8. The molecule has 1 amide bonds. The maximum absolute atomic E-state index is 12.5. The molecule has 1 saturated heterocycles. The number of hydrogen-bond donors (Lipinski definition) is 0. The summed E-state index contributed by atoms with van der Waals surface area (Å²) < 4.78 is 5.90. The zero-order valence-corrected chi connectivity index (χ0v) is 12.9. The molecule has 3 rings (SSSR count). The van der Waals surface area contributed by atoms with E-state index in [9.17, 15) is 4.79 Å². The monoisotopic (exact) mass is 287 g/mol. The molecule has 3 heteroatoms. The van der Waals surface area contributed by atoms with Gasteiger partial charge in [0, 0.05) is 25.3 Å². The van der Waals surface area contributed by atoms with Crippen LogP contribution in [-0.4, -0.2) is 36.6 Å². The highest BCUT2D eigenvalue weighted by atomic mass is 16.5. The number of nitrogens with zero attached hydrogens (tertiary/aromatic N) is 1. The average Bonchev–Trinajstić information content (AvgIpc) is 3.22. The molecule has 1 heterocycles. The first kappa shape index (κ1) is 14.6. The van der Waals surface area contributed by atoms with Crippen molar-refractivity contribution in [1.82, 2.24) is 4.90 Å². The predicted molar refractivity (Wildman–Crippen MR) is 83.4 cm³/mol. The molecule has 1 saturated carbocycles. The van der Waals surface area contributed by atoms with Crippen LogP contribution < -0.4 is 0 Å². The minimum atomic E-state index is 0.149. The van der Waals surface area contributed by atoms with Gasteiger partial charge in [0.1, 0.15) is 0 Å². The average molecular weight is 287 g/mol. The summed E-state index contributed by atoms with van der Waals surface area (Å²) in [7, 11) is 0. The third-order valence-corrected chi connectivity index (χ3v) is 4.44. The summed E-state index contributed by atoms with van der Waals surface area (Å²) in [5.41, 5.74) is 2.11. The first-order valence-electron chi connectivity index (χ1n) is 8.26. The summed E-state index contributed by atoms with van der Waals surface area (Å²) in [6.45, 7) is 4.64. The molecular formula is C18H25NO2. The molecule has 2 aliphatic rings. The van der Waals surface area contributed by atoms with E-state index in [1.165, 1.54) is 18.4 Å². The Morgan fingerprint density at radius 2 is 2.00 bits per heavy atom. The standard InChI is InChI=1S/C18H25NO2/c1-2-3-14-6-8-16(9-7-14)18(20)19-11-10-17(12-19)21-13-15-4-5-15/h6-9,15,17H,2-5,10-13H2,1H3/t17-/m0/s1. The molecule has 1 aliphatic carbocycles. The number of benzene rings is 1. The van der Waals surface area contributed by atoms with Gasteiger partial charge < -0.3 is 9.64 Å². The van der Waals surface area contributed by atoms with E-state index in [-0.39, 0.29) is 12.0 Å². The van der Waals surface area contributed by atoms with Gasteiger partial charge in [-0.25, -0.2) is 0 Å². The molecule has 1 atom stereocenters. The lowest BCUT2D eigenvalue weighted by Crippen LogP contribution is -2.30. The van der Waals surface area contributed by atoms with Gasteiger partial charge in [-0.05, 0) is 49.3 Å². The fraction of sp³-hybridized carbons (Fsp3) is 0.611. The second-order valence-electron chi connectivity index (χ2n) is 6.39. The molecule has 0 unspecified atom stereocenters. The number of aryl methyl sites for hydroxylation is 1. The van der Waals surface area contributed by atoms with E-state index in [2.05, 4.69) is 19.1 Å². The zero-order chi connectivity index (χ0) is 14.7. The molecule has 1 aliphatic heterocycles. The molecule has 0 aromatic heterocycles. The van der Waals surface area contributed by atoms with Crippen molar-refractivity contribution in [1.29, 1.82) is 0 Å². The van der Waals surface area contributed by atoms with Crippen molar-refractivity contribution >= 4 is 5.91 Å². The van der Waals surface area contributed by atoms with Gasteiger partial charge in [-0.15, -0.1) is 0 Å². The molecular weight excluding hydrogens is 262 g/mol. The highest BCUT2D eigenvalue weighted by Gasteiger charge is 2.29. The fourth-order valence-electron chi connectivity index (χ4n) is 2.89. The van der Waals surface area contributed by atoms with E-state index in [0.717, 1.165) is 50.4 Å². The van der Waals surface area contributed by atoms with E-state index in [1.807, 2.05) is 17.0 Å². The number of carbonyl (C=O) groups excluding carboxylic acids is 1. The third kappa shape index (κ3) is 3.85. The Hall–Kier alpha value is -1.35. The van der Waals surface area contributed by atoms with Crippen molar-refractivity contribution < 1.29 is 9.53 Å². The molecule has 2 fully saturated rings. The Balaban J connectivity index is 1.52. The topological polar surface area (TPSA) is 29.5 Å². The van der Waals surface area contributed by atoms with Gasteiger partial charge >= 0.3 is 0 Å². The summed E-state index contributed by atoms with van der Waals surface area (Å²) in [4.78, 5) is 14.4. The maximum Gasteiger partial charge on any atom is 0.253 e. The number of ether oxygens (including phenoxy) is 1. The maximum atomic E-state index is 12.5. The van der Waals surface area contributed by atoms with Gasteiger partial charge in [0.05, 0.1) is 6.10 Å². The molecule has 0 bridgehead atoms. The molecule has 0 radical (unpaired) electrons. The summed E-state index contributed by atoms with van der Waals surface area (Å²) in [6.07, 6.45) is 6.08. The largest absolute Gasteiger partial charge is 0.376 e. The highest BCUT2D eigenvalue weighted by molar-refractivity contribution is 5.94. The van der Waals surface area contributed by atoms with Gasteiger partial charge in [0.25, 0.3) is 5.91 Å². The van der Waals surface area contributed by atoms with Crippen molar-refractivity contribution in [3.8, 4) is 0 Å². The van der Waals surface area contributed by atoms with Crippen molar-refractivity contribution in [2.24, 2.45) is 5.92 Å². The molecule has 21 heavy (non-hydrogen) atoms. The Bertz CT molecular complexity index is 478. The second-order valence-corrected chi connectivity index (χ2v) is 6.39. The van der Waals surface area contributed by atoms with Crippen LogP contribution in [-0.2, 0) is 11.2 Å². The molecule has 1 aromatic carbocycles. The van der Waals surface area contributed by atoms with Crippen LogP contribution >= 0.6 is 0 Å². The molecule has 0 spiro atoms. The zero-order valence-electron chi connectivity index (χ0n) is 12.9. The van der Waals surface area contributed by atoms with Crippen LogP contribution in [0.1, 0.15) is 48.5 Å². The smallest absolute Gasteiger partial charge is 0.253 e. The molecule has 114 valence electrons. The minimum absolute atomic E-state index is 0.149. The first-order chi connectivity index (χ1) is 10.3. The summed E-state index contributed by atoms with van der Waals surface area (Å²) in [5.74, 6) is 0.941. The van der Waals surface area contributed by atoms with Crippen LogP contribution in [0.5, 0.6) is 0 Å². The fourth-order valence-corrected chi connectivity index (χ4v) is 2.89. The van der Waals surface area contributed by atoms with E-state index in [1.54, 1.807) is 0 Å². The number of hydrogen-bond acceptors (Lipinski definition) is 2. The number of likely N-dealkylation sites (tertiary alicyclic amines) is 1. The van der Waals surface area contributed by atoms with E-state index >= 15 is 0 Å². The Labute approximate surface area is 127 Å². The quantitative estimate of drug-likeness (QED) is 0.803. The van der Waals surface area contributed by atoms with Gasteiger partial charge in [-0.3, -0.25) is 4.79 Å². The van der Waals surface area contributed by atoms with Crippen LogP contribution in [0.3, 0.4) is 0 Å². The van der Waals surface area contributed by atoms with Crippen LogP contribution in [0.15, 0.2) is 24.3 Å². The minimum Gasteiger partial charge on any atom is -0.376 e. The van der Waals surface area contributed by atoms with Crippen LogP contribution in [0.25, 0.3) is 0 Å². The lowest BCUT2D eigenvalue weighted by atomic mass is 10.1. The molecule has 0 N–H and O–H groups in total. The van der Waals surface area contributed by atoms with E-state index in [0.29, 0.717) is 0 Å². The van der Waals surface area contributed by atoms with Gasteiger partial charge in [0.2, 0.25) is 0 Å². The SMILES string of the molecule is CCCc1ccc(C(=O)N2CC[C@H](OCC3CC3)C2)cc1. The van der Waals surface area contributed by atoms with Crippen LogP contribution in [0.4, 0.5) is 0 Å². The number of rotatable bonds is 6. The van der Waals surface area contributed by atoms with Gasteiger partial charge in [0.15, 0.2) is 0 Å². The van der Waals surface area contributed by atoms with Crippen LogP contribution in [0.2, 0.25) is 0 Å². The van der Waals surface area contributed by atoms with Crippen molar-refractivity contribution in [2.45, 2.75) is 45.1 Å². The van der Waals surface area contributed by atoms with Crippen molar-refractivity contribution in [3.05, 3.63) is 35.4 Å². The molecule has 3 nitrogen and oxygen atoms in total. The Morgan fingerprint density at radius 3 is 2.67 bits per heavy atom. The first-order valence-corrected chi connectivity index (χ1v) is 8.26. The summed E-state index contributed by atoms with van der Waals surface area (Å²) in [6, 6.07) is 8.08. The number of amides is 1. The lowest BCUT2D eigenvalue weighted by Gasteiger charge is -2.17.